The Bertz CT molecular complexity index is 469. The van der Waals surface area contributed by atoms with Crippen molar-refractivity contribution >= 4 is 28.1 Å². The fourth-order valence-corrected chi connectivity index (χ4v) is 3.63. The summed E-state index contributed by atoms with van der Waals surface area (Å²) in [6.07, 6.45) is 0. The van der Waals surface area contributed by atoms with Crippen molar-refractivity contribution in [2.75, 3.05) is 36.0 Å². The number of rotatable bonds is 5. The zero-order valence-electron chi connectivity index (χ0n) is 12.2. The smallest absolute Gasteiger partial charge is 0.0413 e. The number of halogens is 1. The van der Waals surface area contributed by atoms with Crippen LogP contribution in [-0.2, 0) is 17.3 Å². The molecule has 112 valence electrons. The highest BCUT2D eigenvalue weighted by Crippen LogP contribution is 2.25. The number of nitrogens with one attached hydrogen (secondary N) is 1. The first kappa shape index (κ1) is 15.8. The summed E-state index contributed by atoms with van der Waals surface area (Å²) in [6, 6.07) is 6.06. The quantitative estimate of drug-likeness (QED) is 0.907. The Labute approximate surface area is 129 Å². The van der Waals surface area contributed by atoms with Gasteiger partial charge in [-0.1, -0.05) is 25.4 Å². The summed E-state index contributed by atoms with van der Waals surface area (Å²) in [5.74, 6) is 2.17. The topological polar surface area (TPSA) is 32.3 Å². The van der Waals surface area contributed by atoms with Gasteiger partial charge in [0.15, 0.2) is 0 Å². The van der Waals surface area contributed by atoms with Crippen LogP contribution in [0.2, 0.25) is 5.02 Å². The van der Waals surface area contributed by atoms with E-state index in [2.05, 4.69) is 30.1 Å². The van der Waals surface area contributed by atoms with Crippen molar-refractivity contribution in [3.05, 3.63) is 28.8 Å². The highest BCUT2D eigenvalue weighted by molar-refractivity contribution is 7.85. The minimum atomic E-state index is -0.641. The van der Waals surface area contributed by atoms with E-state index in [4.69, 9.17) is 11.6 Å². The van der Waals surface area contributed by atoms with E-state index in [0.29, 0.717) is 5.92 Å². The Balaban J connectivity index is 2.08. The molecule has 1 saturated heterocycles. The first-order chi connectivity index (χ1) is 9.56. The van der Waals surface area contributed by atoms with Gasteiger partial charge in [-0.2, -0.15) is 0 Å². The van der Waals surface area contributed by atoms with E-state index < -0.39 is 10.8 Å². The predicted octanol–water partition coefficient (Wildman–Crippen LogP) is 2.65. The van der Waals surface area contributed by atoms with Crippen LogP contribution in [0.1, 0.15) is 19.4 Å². The molecule has 1 aromatic rings. The van der Waals surface area contributed by atoms with E-state index in [1.54, 1.807) is 0 Å². The SMILES string of the molecule is CC(C)CNCc1cc(Cl)ccc1N1CCS(=O)CC1. The molecule has 0 aliphatic carbocycles. The zero-order valence-corrected chi connectivity index (χ0v) is 13.8. The van der Waals surface area contributed by atoms with Crippen LogP contribution in [0.15, 0.2) is 18.2 Å². The first-order valence-electron chi connectivity index (χ1n) is 7.15. The van der Waals surface area contributed by atoms with Gasteiger partial charge in [-0.05, 0) is 36.2 Å². The van der Waals surface area contributed by atoms with E-state index >= 15 is 0 Å². The monoisotopic (exact) mass is 314 g/mol. The molecule has 0 amide bonds. The van der Waals surface area contributed by atoms with E-state index in [1.807, 2.05) is 12.1 Å². The molecule has 0 bridgehead atoms. The normalized spacial score (nSPS) is 16.9. The van der Waals surface area contributed by atoms with Crippen LogP contribution in [-0.4, -0.2) is 35.3 Å². The van der Waals surface area contributed by atoms with Gasteiger partial charge >= 0.3 is 0 Å². The van der Waals surface area contributed by atoms with Gasteiger partial charge in [0.2, 0.25) is 0 Å². The molecule has 20 heavy (non-hydrogen) atoms. The summed E-state index contributed by atoms with van der Waals surface area (Å²) in [5.41, 5.74) is 2.45. The molecule has 0 aromatic heterocycles. The van der Waals surface area contributed by atoms with Crippen LogP contribution in [0.25, 0.3) is 0 Å². The summed E-state index contributed by atoms with van der Waals surface area (Å²) >= 11 is 6.13. The predicted molar refractivity (Wildman–Crippen MR) is 88.1 cm³/mol. The number of benzene rings is 1. The van der Waals surface area contributed by atoms with Gasteiger partial charge in [-0.15, -0.1) is 0 Å². The van der Waals surface area contributed by atoms with Crippen LogP contribution in [0.4, 0.5) is 5.69 Å². The van der Waals surface area contributed by atoms with Crippen molar-refractivity contribution in [1.82, 2.24) is 5.32 Å². The zero-order chi connectivity index (χ0) is 14.5. The highest BCUT2D eigenvalue weighted by Gasteiger charge is 2.18. The molecule has 0 spiro atoms. The second-order valence-corrected chi connectivity index (χ2v) is 7.77. The summed E-state index contributed by atoms with van der Waals surface area (Å²) in [5, 5.41) is 4.25. The van der Waals surface area contributed by atoms with E-state index in [0.717, 1.165) is 42.7 Å². The number of nitrogens with zero attached hydrogens (tertiary/aromatic N) is 1. The minimum Gasteiger partial charge on any atom is -0.369 e. The molecule has 5 heteroatoms. The lowest BCUT2D eigenvalue weighted by atomic mass is 10.1. The lowest BCUT2D eigenvalue weighted by Gasteiger charge is -2.30. The molecule has 1 heterocycles. The van der Waals surface area contributed by atoms with Crippen LogP contribution in [0, 0.1) is 5.92 Å². The summed E-state index contributed by atoms with van der Waals surface area (Å²) in [4.78, 5) is 2.32. The maximum Gasteiger partial charge on any atom is 0.0413 e. The van der Waals surface area contributed by atoms with Gasteiger partial charge in [0.25, 0.3) is 0 Å². The van der Waals surface area contributed by atoms with Gasteiger partial charge in [-0.25, -0.2) is 0 Å². The number of hydrogen-bond donors (Lipinski definition) is 1. The Morgan fingerprint density at radius 1 is 1.35 bits per heavy atom. The van der Waals surface area contributed by atoms with Crippen LogP contribution in [0.3, 0.4) is 0 Å². The van der Waals surface area contributed by atoms with E-state index in [9.17, 15) is 4.21 Å². The van der Waals surface area contributed by atoms with E-state index in [1.165, 1.54) is 11.3 Å². The molecular weight excluding hydrogens is 292 g/mol. The van der Waals surface area contributed by atoms with Crippen LogP contribution in [0.5, 0.6) is 0 Å². The minimum absolute atomic E-state index is 0.634. The fraction of sp³-hybridized carbons (Fsp3) is 0.600. The van der Waals surface area contributed by atoms with Gasteiger partial charge < -0.3 is 10.2 Å². The number of anilines is 1. The number of hydrogen-bond acceptors (Lipinski definition) is 3. The molecule has 2 rings (SSSR count). The molecular formula is C15H23ClN2OS. The summed E-state index contributed by atoms with van der Waals surface area (Å²) in [6.45, 7) is 7.96. The van der Waals surface area contributed by atoms with Crippen molar-refractivity contribution in [3.8, 4) is 0 Å². The van der Waals surface area contributed by atoms with E-state index in [-0.39, 0.29) is 0 Å². The van der Waals surface area contributed by atoms with Gasteiger partial charge in [0, 0.05) is 52.6 Å². The Kier molecular flexibility index (Phi) is 5.87. The third-order valence-corrected chi connectivity index (χ3v) is 4.94. The van der Waals surface area contributed by atoms with Crippen LogP contribution < -0.4 is 10.2 Å². The lowest BCUT2D eigenvalue weighted by Crippen LogP contribution is -2.38. The molecule has 0 atom stereocenters. The Hall–Kier alpha value is -0.580. The molecule has 1 N–H and O–H groups in total. The maximum absolute atomic E-state index is 11.5. The van der Waals surface area contributed by atoms with Crippen molar-refractivity contribution in [3.63, 3.8) is 0 Å². The average Bonchev–Trinajstić information content (AvgIpc) is 2.40. The standard InChI is InChI=1S/C15H23ClN2OS/c1-12(2)10-17-11-13-9-14(16)3-4-15(13)18-5-7-20(19)8-6-18/h3-4,9,12,17H,5-8,10-11H2,1-2H3. The molecule has 0 radical (unpaired) electrons. The second-order valence-electron chi connectivity index (χ2n) is 5.63. The van der Waals surface area contributed by atoms with Gasteiger partial charge in [0.1, 0.15) is 0 Å². The Morgan fingerprint density at radius 3 is 2.70 bits per heavy atom. The van der Waals surface area contributed by atoms with Gasteiger partial charge in [-0.3, -0.25) is 4.21 Å². The largest absolute Gasteiger partial charge is 0.369 e. The first-order valence-corrected chi connectivity index (χ1v) is 9.02. The van der Waals surface area contributed by atoms with Gasteiger partial charge in [0.05, 0.1) is 0 Å². The fourth-order valence-electron chi connectivity index (χ4n) is 2.38. The molecule has 1 aliphatic rings. The third kappa shape index (κ3) is 4.47. The Morgan fingerprint density at radius 2 is 2.05 bits per heavy atom. The molecule has 1 fully saturated rings. The molecule has 1 aliphatic heterocycles. The van der Waals surface area contributed by atoms with Crippen molar-refractivity contribution in [2.24, 2.45) is 5.92 Å². The average molecular weight is 315 g/mol. The maximum atomic E-state index is 11.5. The van der Waals surface area contributed by atoms with Crippen molar-refractivity contribution in [2.45, 2.75) is 20.4 Å². The second kappa shape index (κ2) is 7.43. The molecule has 3 nitrogen and oxygen atoms in total. The van der Waals surface area contributed by atoms with Crippen LogP contribution >= 0.6 is 11.6 Å². The summed E-state index contributed by atoms with van der Waals surface area (Å²) in [7, 11) is -0.641. The molecule has 1 aromatic carbocycles. The van der Waals surface area contributed by atoms with Crippen molar-refractivity contribution in [1.29, 1.82) is 0 Å². The molecule has 0 saturated carbocycles. The molecule has 0 unspecified atom stereocenters. The third-order valence-electron chi connectivity index (χ3n) is 3.43. The summed E-state index contributed by atoms with van der Waals surface area (Å²) < 4.78 is 11.5. The highest BCUT2D eigenvalue weighted by atomic mass is 35.5. The lowest BCUT2D eigenvalue weighted by molar-refractivity contribution is 0.552. The van der Waals surface area contributed by atoms with Crippen molar-refractivity contribution < 1.29 is 4.21 Å².